The van der Waals surface area contributed by atoms with E-state index < -0.39 is 0 Å². The lowest BCUT2D eigenvalue weighted by molar-refractivity contribution is -0.121. The maximum absolute atomic E-state index is 12.8. The van der Waals surface area contributed by atoms with Gasteiger partial charge in [-0.1, -0.05) is 24.3 Å². The Balaban J connectivity index is 1.30. The standard InChI is InChI=1S/C25H24N2O4/c28-21-6-4-5-20(17-21)26-24(29)18-13-15-27(16-14-18)25(30)19-9-11-23(12-10-19)31-22-7-2-1-3-8-22/h1-12,17-18,28H,13-16H2,(H,26,29). The Morgan fingerprint density at radius 2 is 1.55 bits per heavy atom. The molecule has 0 atom stereocenters. The molecule has 0 aromatic heterocycles. The highest BCUT2D eigenvalue weighted by Crippen LogP contribution is 2.24. The summed E-state index contributed by atoms with van der Waals surface area (Å²) in [6.07, 6.45) is 1.21. The van der Waals surface area contributed by atoms with Gasteiger partial charge in [-0.05, 0) is 61.4 Å². The molecule has 158 valence electrons. The molecule has 6 nitrogen and oxygen atoms in total. The first-order valence-corrected chi connectivity index (χ1v) is 10.3. The van der Waals surface area contributed by atoms with Crippen LogP contribution in [0.1, 0.15) is 23.2 Å². The van der Waals surface area contributed by atoms with Gasteiger partial charge in [-0.15, -0.1) is 0 Å². The number of benzene rings is 3. The quantitative estimate of drug-likeness (QED) is 0.633. The van der Waals surface area contributed by atoms with Gasteiger partial charge in [-0.3, -0.25) is 9.59 Å². The predicted molar refractivity (Wildman–Crippen MR) is 118 cm³/mol. The van der Waals surface area contributed by atoms with E-state index in [1.807, 2.05) is 30.3 Å². The lowest BCUT2D eigenvalue weighted by atomic mass is 9.95. The normalized spacial score (nSPS) is 14.1. The van der Waals surface area contributed by atoms with Gasteiger partial charge in [0, 0.05) is 36.3 Å². The van der Waals surface area contributed by atoms with Crippen LogP contribution >= 0.6 is 0 Å². The fourth-order valence-electron chi connectivity index (χ4n) is 3.65. The maximum atomic E-state index is 12.8. The Morgan fingerprint density at radius 3 is 2.23 bits per heavy atom. The molecule has 0 spiro atoms. The molecule has 1 aliphatic heterocycles. The molecule has 3 aromatic carbocycles. The van der Waals surface area contributed by atoms with Crippen LogP contribution in [0.25, 0.3) is 0 Å². The van der Waals surface area contributed by atoms with Gasteiger partial charge >= 0.3 is 0 Å². The van der Waals surface area contributed by atoms with E-state index in [0.717, 1.165) is 5.75 Å². The van der Waals surface area contributed by atoms with Crippen LogP contribution in [0.3, 0.4) is 0 Å². The van der Waals surface area contributed by atoms with Gasteiger partial charge in [-0.2, -0.15) is 0 Å². The number of carbonyl (C=O) groups excluding carboxylic acids is 2. The molecular formula is C25H24N2O4. The SMILES string of the molecule is O=C(Nc1cccc(O)c1)C1CCN(C(=O)c2ccc(Oc3ccccc3)cc2)CC1. The first-order chi connectivity index (χ1) is 15.1. The van der Waals surface area contributed by atoms with Gasteiger partial charge in [0.15, 0.2) is 0 Å². The number of nitrogens with zero attached hydrogens (tertiary/aromatic N) is 1. The summed E-state index contributed by atoms with van der Waals surface area (Å²) in [6.45, 7) is 1.05. The van der Waals surface area contributed by atoms with Crippen molar-refractivity contribution in [2.45, 2.75) is 12.8 Å². The van der Waals surface area contributed by atoms with E-state index in [1.54, 1.807) is 47.4 Å². The zero-order valence-electron chi connectivity index (χ0n) is 17.0. The lowest BCUT2D eigenvalue weighted by Gasteiger charge is -2.31. The van der Waals surface area contributed by atoms with Crippen LogP contribution in [0.2, 0.25) is 0 Å². The molecule has 6 heteroatoms. The Labute approximate surface area is 181 Å². The largest absolute Gasteiger partial charge is 0.508 e. The van der Waals surface area contributed by atoms with Crippen molar-refractivity contribution in [2.24, 2.45) is 5.92 Å². The zero-order chi connectivity index (χ0) is 21.6. The Morgan fingerprint density at radius 1 is 0.871 bits per heavy atom. The van der Waals surface area contributed by atoms with Crippen molar-refractivity contribution >= 4 is 17.5 Å². The minimum absolute atomic E-state index is 0.0434. The number of anilines is 1. The van der Waals surface area contributed by atoms with Crippen molar-refractivity contribution in [3.8, 4) is 17.2 Å². The maximum Gasteiger partial charge on any atom is 0.253 e. The Bertz CT molecular complexity index is 1040. The summed E-state index contributed by atoms with van der Waals surface area (Å²) >= 11 is 0. The fourth-order valence-corrected chi connectivity index (χ4v) is 3.65. The van der Waals surface area contributed by atoms with E-state index >= 15 is 0 Å². The number of aromatic hydroxyl groups is 1. The highest BCUT2D eigenvalue weighted by Gasteiger charge is 2.28. The van der Waals surface area contributed by atoms with Crippen LogP contribution in [0.15, 0.2) is 78.9 Å². The summed E-state index contributed by atoms with van der Waals surface area (Å²) in [6, 6.07) is 23.1. The fraction of sp³-hybridized carbons (Fsp3) is 0.200. The summed E-state index contributed by atoms with van der Waals surface area (Å²) in [5, 5.41) is 12.4. The number of para-hydroxylation sites is 1. The summed E-state index contributed by atoms with van der Waals surface area (Å²) in [5.41, 5.74) is 1.17. The van der Waals surface area contributed by atoms with E-state index in [1.165, 1.54) is 6.07 Å². The lowest BCUT2D eigenvalue weighted by Crippen LogP contribution is -2.41. The summed E-state index contributed by atoms with van der Waals surface area (Å²) in [5.74, 6) is 1.24. The second-order valence-electron chi connectivity index (χ2n) is 7.55. The molecule has 0 aliphatic carbocycles. The molecule has 1 aliphatic rings. The average molecular weight is 416 g/mol. The van der Waals surface area contributed by atoms with Crippen LogP contribution in [-0.4, -0.2) is 34.9 Å². The number of carbonyl (C=O) groups is 2. The monoisotopic (exact) mass is 416 g/mol. The average Bonchev–Trinajstić information content (AvgIpc) is 2.80. The van der Waals surface area contributed by atoms with Gasteiger partial charge in [0.1, 0.15) is 17.2 Å². The molecule has 0 bridgehead atoms. The molecule has 2 N–H and O–H groups in total. The van der Waals surface area contributed by atoms with Crippen molar-refractivity contribution in [3.05, 3.63) is 84.4 Å². The number of hydrogen-bond donors (Lipinski definition) is 2. The van der Waals surface area contributed by atoms with Crippen molar-refractivity contribution in [1.82, 2.24) is 4.90 Å². The third-order valence-electron chi connectivity index (χ3n) is 5.35. The molecule has 1 fully saturated rings. The topological polar surface area (TPSA) is 78.9 Å². The number of ether oxygens (including phenoxy) is 1. The minimum Gasteiger partial charge on any atom is -0.508 e. The van der Waals surface area contributed by atoms with Gasteiger partial charge in [0.05, 0.1) is 0 Å². The number of hydrogen-bond acceptors (Lipinski definition) is 4. The minimum atomic E-state index is -0.159. The summed E-state index contributed by atoms with van der Waals surface area (Å²) in [7, 11) is 0. The number of piperidine rings is 1. The van der Waals surface area contributed by atoms with E-state index in [9.17, 15) is 14.7 Å². The molecule has 0 unspecified atom stereocenters. The van der Waals surface area contributed by atoms with Crippen LogP contribution in [0, 0.1) is 5.92 Å². The van der Waals surface area contributed by atoms with Crippen molar-refractivity contribution in [1.29, 1.82) is 0 Å². The van der Waals surface area contributed by atoms with E-state index in [2.05, 4.69) is 5.32 Å². The van der Waals surface area contributed by atoms with Crippen LogP contribution in [0.5, 0.6) is 17.2 Å². The second kappa shape index (κ2) is 9.34. The number of phenols is 1. The van der Waals surface area contributed by atoms with Gasteiger partial charge < -0.3 is 20.1 Å². The van der Waals surface area contributed by atoms with Gasteiger partial charge in [0.2, 0.25) is 5.91 Å². The molecule has 3 aromatic rings. The zero-order valence-corrected chi connectivity index (χ0v) is 17.0. The van der Waals surface area contributed by atoms with Crippen molar-refractivity contribution < 1.29 is 19.4 Å². The molecule has 0 saturated carbocycles. The van der Waals surface area contributed by atoms with Crippen molar-refractivity contribution in [3.63, 3.8) is 0 Å². The van der Waals surface area contributed by atoms with Gasteiger partial charge in [-0.25, -0.2) is 0 Å². The molecule has 0 radical (unpaired) electrons. The molecule has 31 heavy (non-hydrogen) atoms. The van der Waals surface area contributed by atoms with Crippen LogP contribution < -0.4 is 10.1 Å². The van der Waals surface area contributed by atoms with Gasteiger partial charge in [0.25, 0.3) is 5.91 Å². The first kappa shape index (κ1) is 20.5. The van der Waals surface area contributed by atoms with E-state index in [0.29, 0.717) is 42.9 Å². The predicted octanol–water partition coefficient (Wildman–Crippen LogP) is 4.68. The Hall–Kier alpha value is -3.80. The number of phenolic OH excluding ortho intramolecular Hbond substituents is 1. The summed E-state index contributed by atoms with van der Waals surface area (Å²) in [4.78, 5) is 27.1. The van der Waals surface area contributed by atoms with Crippen molar-refractivity contribution in [2.75, 3.05) is 18.4 Å². The smallest absolute Gasteiger partial charge is 0.253 e. The number of rotatable bonds is 5. The van der Waals surface area contributed by atoms with E-state index in [4.69, 9.17) is 4.74 Å². The highest BCUT2D eigenvalue weighted by molar-refractivity contribution is 5.95. The molecular weight excluding hydrogens is 392 g/mol. The number of likely N-dealkylation sites (tertiary alicyclic amines) is 1. The third kappa shape index (κ3) is 5.22. The molecule has 1 saturated heterocycles. The number of amides is 2. The van der Waals surface area contributed by atoms with Crippen LogP contribution in [0.4, 0.5) is 5.69 Å². The Kier molecular flexibility index (Phi) is 6.17. The third-order valence-corrected chi connectivity index (χ3v) is 5.35. The van der Waals surface area contributed by atoms with Crippen LogP contribution in [-0.2, 0) is 4.79 Å². The highest BCUT2D eigenvalue weighted by atomic mass is 16.5. The number of nitrogens with one attached hydrogen (secondary N) is 1. The second-order valence-corrected chi connectivity index (χ2v) is 7.55. The first-order valence-electron chi connectivity index (χ1n) is 10.3. The molecule has 4 rings (SSSR count). The molecule has 2 amide bonds. The van der Waals surface area contributed by atoms with E-state index in [-0.39, 0.29) is 23.5 Å². The summed E-state index contributed by atoms with van der Waals surface area (Å²) < 4.78 is 5.77. The molecule has 1 heterocycles.